The van der Waals surface area contributed by atoms with Gasteiger partial charge in [-0.15, -0.1) is 0 Å². The van der Waals surface area contributed by atoms with Crippen LogP contribution in [0, 0.1) is 0 Å². The Morgan fingerprint density at radius 3 is 2.65 bits per heavy atom. The molecule has 2 N–H and O–H groups in total. The third-order valence-corrected chi connectivity index (χ3v) is 3.97. The highest BCUT2D eigenvalue weighted by molar-refractivity contribution is 8.00. The standard InChI is InChI=1S/C12H14O4S/c13-9-5-11(17-7-9)6-16-10-3-1-8(2-4-10)12(14)15/h1-4,9,11,13H,5-7H2,(H,14,15). The van der Waals surface area contributed by atoms with Crippen LogP contribution in [0.3, 0.4) is 0 Å². The van der Waals surface area contributed by atoms with Crippen LogP contribution in [0.25, 0.3) is 0 Å². The van der Waals surface area contributed by atoms with Crippen LogP contribution in [-0.4, -0.2) is 39.9 Å². The van der Waals surface area contributed by atoms with Gasteiger partial charge >= 0.3 is 5.97 Å². The van der Waals surface area contributed by atoms with Gasteiger partial charge in [0.15, 0.2) is 0 Å². The first kappa shape index (κ1) is 12.3. The Bertz CT molecular complexity index is 390. The highest BCUT2D eigenvalue weighted by atomic mass is 32.2. The number of aromatic carboxylic acids is 1. The molecular formula is C12H14O4S. The Kier molecular flexibility index (Phi) is 3.91. The fourth-order valence-corrected chi connectivity index (χ4v) is 2.84. The molecule has 0 bridgehead atoms. The normalized spacial score (nSPS) is 23.6. The molecule has 5 heteroatoms. The fraction of sp³-hybridized carbons (Fsp3) is 0.417. The summed E-state index contributed by atoms with van der Waals surface area (Å²) in [6.07, 6.45) is 0.542. The van der Waals surface area contributed by atoms with Crippen LogP contribution in [0.2, 0.25) is 0 Å². The van der Waals surface area contributed by atoms with Crippen molar-refractivity contribution in [2.75, 3.05) is 12.4 Å². The van der Waals surface area contributed by atoms with E-state index < -0.39 is 5.97 Å². The maximum atomic E-state index is 10.6. The van der Waals surface area contributed by atoms with Crippen molar-refractivity contribution in [3.8, 4) is 5.75 Å². The largest absolute Gasteiger partial charge is 0.492 e. The van der Waals surface area contributed by atoms with E-state index >= 15 is 0 Å². The minimum Gasteiger partial charge on any atom is -0.492 e. The van der Waals surface area contributed by atoms with Crippen molar-refractivity contribution in [1.82, 2.24) is 0 Å². The van der Waals surface area contributed by atoms with E-state index in [0.717, 1.165) is 12.2 Å². The van der Waals surface area contributed by atoms with Crippen molar-refractivity contribution in [3.63, 3.8) is 0 Å². The molecule has 4 nitrogen and oxygen atoms in total. The fourth-order valence-electron chi connectivity index (χ4n) is 1.69. The first-order valence-electron chi connectivity index (χ1n) is 5.41. The Morgan fingerprint density at radius 2 is 2.12 bits per heavy atom. The van der Waals surface area contributed by atoms with Gasteiger partial charge in [-0.3, -0.25) is 0 Å². The lowest BCUT2D eigenvalue weighted by atomic mass is 10.2. The number of carboxylic acid groups (broad SMARTS) is 1. The molecule has 1 aromatic rings. The topological polar surface area (TPSA) is 66.8 Å². The van der Waals surface area contributed by atoms with E-state index in [0.29, 0.717) is 17.6 Å². The van der Waals surface area contributed by atoms with Gasteiger partial charge in [-0.05, 0) is 30.7 Å². The quantitative estimate of drug-likeness (QED) is 0.855. The molecule has 0 amide bonds. The van der Waals surface area contributed by atoms with E-state index in [1.54, 1.807) is 23.9 Å². The predicted octanol–water partition coefficient (Wildman–Crippen LogP) is 1.63. The number of benzene rings is 1. The minimum absolute atomic E-state index is 0.219. The second-order valence-corrected chi connectivity index (χ2v) is 5.32. The lowest BCUT2D eigenvalue weighted by Crippen LogP contribution is -2.13. The zero-order chi connectivity index (χ0) is 12.3. The van der Waals surface area contributed by atoms with E-state index in [-0.39, 0.29) is 11.7 Å². The lowest BCUT2D eigenvalue weighted by Gasteiger charge is -2.10. The van der Waals surface area contributed by atoms with Crippen molar-refractivity contribution < 1.29 is 19.7 Å². The molecule has 1 heterocycles. The first-order chi connectivity index (χ1) is 8.15. The number of aliphatic hydroxyl groups excluding tert-OH is 1. The van der Waals surface area contributed by atoms with Crippen molar-refractivity contribution in [2.45, 2.75) is 17.8 Å². The molecule has 2 atom stereocenters. The maximum Gasteiger partial charge on any atom is 0.335 e. The number of rotatable bonds is 4. The molecule has 1 aliphatic heterocycles. The van der Waals surface area contributed by atoms with E-state index in [2.05, 4.69) is 0 Å². The van der Waals surface area contributed by atoms with Gasteiger partial charge in [0.1, 0.15) is 12.4 Å². The summed E-state index contributed by atoms with van der Waals surface area (Å²) in [5, 5.41) is 18.4. The van der Waals surface area contributed by atoms with Gasteiger partial charge in [0.2, 0.25) is 0 Å². The molecule has 2 unspecified atom stereocenters. The SMILES string of the molecule is O=C(O)c1ccc(OCC2CC(O)CS2)cc1. The van der Waals surface area contributed by atoms with Crippen molar-refractivity contribution >= 4 is 17.7 Å². The molecule has 0 aliphatic carbocycles. The zero-order valence-corrected chi connectivity index (χ0v) is 10.0. The second kappa shape index (κ2) is 5.42. The van der Waals surface area contributed by atoms with Crippen LogP contribution in [0.1, 0.15) is 16.8 Å². The molecule has 2 rings (SSSR count). The van der Waals surface area contributed by atoms with E-state index in [9.17, 15) is 9.90 Å². The van der Waals surface area contributed by atoms with Crippen molar-refractivity contribution in [3.05, 3.63) is 29.8 Å². The Morgan fingerprint density at radius 1 is 1.41 bits per heavy atom. The smallest absolute Gasteiger partial charge is 0.335 e. The lowest BCUT2D eigenvalue weighted by molar-refractivity contribution is 0.0697. The van der Waals surface area contributed by atoms with Gasteiger partial charge in [-0.1, -0.05) is 0 Å². The van der Waals surface area contributed by atoms with E-state index in [4.69, 9.17) is 9.84 Å². The van der Waals surface area contributed by atoms with Gasteiger partial charge in [0.25, 0.3) is 0 Å². The van der Waals surface area contributed by atoms with Gasteiger partial charge in [0.05, 0.1) is 11.7 Å². The van der Waals surface area contributed by atoms with Crippen LogP contribution in [0.4, 0.5) is 0 Å². The molecule has 1 saturated heterocycles. The molecule has 0 saturated carbocycles. The molecular weight excluding hydrogens is 240 g/mol. The van der Waals surface area contributed by atoms with Gasteiger partial charge in [-0.25, -0.2) is 4.79 Å². The summed E-state index contributed by atoms with van der Waals surface area (Å²) < 4.78 is 5.55. The molecule has 92 valence electrons. The molecule has 17 heavy (non-hydrogen) atoms. The summed E-state index contributed by atoms with van der Waals surface area (Å²) in [4.78, 5) is 10.6. The third kappa shape index (κ3) is 3.38. The summed E-state index contributed by atoms with van der Waals surface area (Å²) in [5.74, 6) is 0.495. The molecule has 0 radical (unpaired) electrons. The number of carbonyl (C=O) groups is 1. The van der Waals surface area contributed by atoms with Crippen LogP contribution in [0.5, 0.6) is 5.75 Å². The highest BCUT2D eigenvalue weighted by Crippen LogP contribution is 2.27. The minimum atomic E-state index is -0.939. The zero-order valence-electron chi connectivity index (χ0n) is 9.20. The average Bonchev–Trinajstić information content (AvgIpc) is 2.73. The molecule has 1 aliphatic rings. The molecule has 0 aromatic heterocycles. The summed E-state index contributed by atoms with van der Waals surface area (Å²) in [6.45, 7) is 0.550. The average molecular weight is 254 g/mol. The van der Waals surface area contributed by atoms with E-state index in [1.807, 2.05) is 0 Å². The number of carboxylic acids is 1. The number of thioether (sulfide) groups is 1. The number of hydrogen-bond acceptors (Lipinski definition) is 4. The van der Waals surface area contributed by atoms with Gasteiger partial charge < -0.3 is 14.9 Å². The Balaban J connectivity index is 1.85. The summed E-state index contributed by atoms with van der Waals surface area (Å²) in [7, 11) is 0. The highest BCUT2D eigenvalue weighted by Gasteiger charge is 2.23. The number of aliphatic hydroxyl groups is 1. The van der Waals surface area contributed by atoms with Crippen molar-refractivity contribution in [1.29, 1.82) is 0 Å². The Hall–Kier alpha value is -1.20. The molecule has 0 spiro atoms. The third-order valence-electron chi connectivity index (χ3n) is 2.60. The predicted molar refractivity (Wildman–Crippen MR) is 65.8 cm³/mol. The van der Waals surface area contributed by atoms with E-state index in [1.165, 1.54) is 12.1 Å². The molecule has 1 aromatic carbocycles. The van der Waals surface area contributed by atoms with Crippen LogP contribution in [-0.2, 0) is 0 Å². The molecule has 1 fully saturated rings. The Labute approximate surface area is 104 Å². The number of ether oxygens (including phenoxy) is 1. The summed E-state index contributed by atoms with van der Waals surface area (Å²) >= 11 is 1.71. The van der Waals surface area contributed by atoms with Gasteiger partial charge in [-0.2, -0.15) is 11.8 Å². The summed E-state index contributed by atoms with van der Waals surface area (Å²) in [6, 6.07) is 6.35. The van der Waals surface area contributed by atoms with Crippen molar-refractivity contribution in [2.24, 2.45) is 0 Å². The maximum absolute atomic E-state index is 10.6. The monoisotopic (exact) mass is 254 g/mol. The second-order valence-electron chi connectivity index (χ2n) is 3.99. The summed E-state index contributed by atoms with van der Waals surface area (Å²) in [5.41, 5.74) is 0.253. The van der Waals surface area contributed by atoms with Crippen LogP contribution in [0.15, 0.2) is 24.3 Å². The van der Waals surface area contributed by atoms with Crippen LogP contribution >= 0.6 is 11.8 Å². The first-order valence-corrected chi connectivity index (χ1v) is 6.46. The van der Waals surface area contributed by atoms with Crippen LogP contribution < -0.4 is 4.74 Å². The van der Waals surface area contributed by atoms with Gasteiger partial charge in [0, 0.05) is 11.0 Å². The number of hydrogen-bond donors (Lipinski definition) is 2.